The summed E-state index contributed by atoms with van der Waals surface area (Å²) in [5.41, 5.74) is 0.564. The normalized spacial score (nSPS) is 14.2. The zero-order valence-corrected chi connectivity index (χ0v) is 15.1. The molecular formula is C19H19F4N3O2. The molecule has 3 rings (SSSR count). The molecule has 0 atom stereocenters. The molecule has 0 fully saturated rings. The number of aliphatic imine (C=N–C) groups is 1. The van der Waals surface area contributed by atoms with Gasteiger partial charge in [-0.25, -0.2) is 4.39 Å². The number of rotatable bonds is 4. The fourth-order valence-electron chi connectivity index (χ4n) is 2.92. The molecule has 1 aliphatic rings. The van der Waals surface area contributed by atoms with Crippen LogP contribution in [0.2, 0.25) is 0 Å². The molecule has 0 aromatic heterocycles. The number of benzene rings is 2. The molecule has 0 aliphatic carbocycles. The Balaban J connectivity index is 1.67. The maximum Gasteiger partial charge on any atom is 0.416 e. The number of hydrogen-bond donors (Lipinski definition) is 2. The summed E-state index contributed by atoms with van der Waals surface area (Å²) >= 11 is 0. The number of halogens is 4. The number of guanidine groups is 1. The molecular weight excluding hydrogens is 378 g/mol. The van der Waals surface area contributed by atoms with Crippen LogP contribution in [0, 0.1) is 5.82 Å². The van der Waals surface area contributed by atoms with Crippen LogP contribution in [0.5, 0.6) is 5.75 Å². The van der Waals surface area contributed by atoms with Gasteiger partial charge in [0.15, 0.2) is 12.8 Å². The number of fused-ring (bicyclic) bond motifs is 1. The third-order valence-electron chi connectivity index (χ3n) is 4.19. The molecule has 28 heavy (non-hydrogen) atoms. The Bertz CT molecular complexity index is 869. The fourth-order valence-corrected chi connectivity index (χ4v) is 2.92. The van der Waals surface area contributed by atoms with Crippen molar-refractivity contribution < 1.29 is 27.0 Å². The van der Waals surface area contributed by atoms with E-state index < -0.39 is 17.6 Å². The second-order valence-electron chi connectivity index (χ2n) is 6.10. The summed E-state index contributed by atoms with van der Waals surface area (Å²) in [4.78, 5) is 4.00. The molecule has 1 aliphatic heterocycles. The second-order valence-corrected chi connectivity index (χ2v) is 6.10. The molecule has 0 unspecified atom stereocenters. The van der Waals surface area contributed by atoms with Crippen LogP contribution in [0.1, 0.15) is 22.3 Å². The average Bonchev–Trinajstić information content (AvgIpc) is 2.67. The van der Waals surface area contributed by atoms with Gasteiger partial charge in [-0.1, -0.05) is 18.2 Å². The molecule has 1 heterocycles. The van der Waals surface area contributed by atoms with E-state index in [0.29, 0.717) is 16.9 Å². The Kier molecular flexibility index (Phi) is 6.03. The van der Waals surface area contributed by atoms with Crippen LogP contribution in [-0.4, -0.2) is 19.8 Å². The molecule has 0 spiro atoms. The summed E-state index contributed by atoms with van der Waals surface area (Å²) in [6, 6.07) is 8.01. The number of ether oxygens (including phenoxy) is 2. The van der Waals surface area contributed by atoms with Crippen LogP contribution in [0.3, 0.4) is 0 Å². The summed E-state index contributed by atoms with van der Waals surface area (Å²) in [5.74, 6) is 0.395. The molecule has 0 saturated carbocycles. The molecule has 150 valence electrons. The lowest BCUT2D eigenvalue weighted by molar-refractivity contribution is -0.138. The molecule has 0 radical (unpaired) electrons. The van der Waals surface area contributed by atoms with Crippen molar-refractivity contribution in [2.24, 2.45) is 4.99 Å². The monoisotopic (exact) mass is 397 g/mol. The molecule has 2 N–H and O–H groups in total. The quantitative estimate of drug-likeness (QED) is 0.471. The highest BCUT2D eigenvalue weighted by Crippen LogP contribution is 2.32. The summed E-state index contributed by atoms with van der Waals surface area (Å²) < 4.78 is 63.6. The van der Waals surface area contributed by atoms with E-state index in [4.69, 9.17) is 9.47 Å². The van der Waals surface area contributed by atoms with Crippen LogP contribution < -0.4 is 15.4 Å². The Morgan fingerprint density at radius 1 is 1.11 bits per heavy atom. The van der Waals surface area contributed by atoms with E-state index in [1.54, 1.807) is 6.07 Å². The minimum atomic E-state index is -4.44. The number of nitrogens with zero attached hydrogens (tertiary/aromatic N) is 1. The summed E-state index contributed by atoms with van der Waals surface area (Å²) in [7, 11) is 1.50. The van der Waals surface area contributed by atoms with Gasteiger partial charge >= 0.3 is 6.18 Å². The average molecular weight is 397 g/mol. The van der Waals surface area contributed by atoms with Crippen molar-refractivity contribution in [2.75, 3.05) is 13.8 Å². The van der Waals surface area contributed by atoms with E-state index in [1.165, 1.54) is 31.3 Å². The predicted molar refractivity (Wildman–Crippen MR) is 95.2 cm³/mol. The highest BCUT2D eigenvalue weighted by Gasteiger charge is 2.32. The maximum atomic E-state index is 13.8. The van der Waals surface area contributed by atoms with E-state index in [0.717, 1.165) is 6.07 Å². The van der Waals surface area contributed by atoms with Gasteiger partial charge in [0.25, 0.3) is 0 Å². The lowest BCUT2D eigenvalue weighted by Crippen LogP contribution is -2.37. The van der Waals surface area contributed by atoms with E-state index in [2.05, 4.69) is 15.6 Å². The van der Waals surface area contributed by atoms with Crippen LogP contribution in [0.15, 0.2) is 41.4 Å². The third-order valence-corrected chi connectivity index (χ3v) is 4.19. The van der Waals surface area contributed by atoms with E-state index in [9.17, 15) is 17.6 Å². The first-order chi connectivity index (χ1) is 13.4. The zero-order valence-electron chi connectivity index (χ0n) is 15.1. The van der Waals surface area contributed by atoms with Crippen LogP contribution >= 0.6 is 0 Å². The summed E-state index contributed by atoms with van der Waals surface area (Å²) in [6.45, 7) is 0.440. The van der Waals surface area contributed by atoms with E-state index in [-0.39, 0.29) is 38.0 Å². The predicted octanol–water partition coefficient (Wildman–Crippen LogP) is 3.58. The lowest BCUT2D eigenvalue weighted by Gasteiger charge is -2.21. The van der Waals surface area contributed by atoms with Gasteiger partial charge in [0.2, 0.25) is 0 Å². The first-order valence-electron chi connectivity index (χ1n) is 8.50. The van der Waals surface area contributed by atoms with Crippen molar-refractivity contribution >= 4 is 5.96 Å². The summed E-state index contributed by atoms with van der Waals surface area (Å²) in [6.07, 6.45) is -4.44. The topological polar surface area (TPSA) is 54.9 Å². The lowest BCUT2D eigenvalue weighted by atomic mass is 10.1. The SMILES string of the molecule is CN=C(NCc1ccccc1C(F)(F)F)NCc1cc(F)cc2c1OCOC2. The molecule has 9 heteroatoms. The van der Waals surface area contributed by atoms with Crippen molar-refractivity contribution in [3.8, 4) is 5.75 Å². The molecule has 0 saturated heterocycles. The Labute approximate surface area is 159 Å². The van der Waals surface area contributed by atoms with Crippen LogP contribution in [0.25, 0.3) is 0 Å². The van der Waals surface area contributed by atoms with Gasteiger partial charge in [-0.15, -0.1) is 0 Å². The molecule has 5 nitrogen and oxygen atoms in total. The van der Waals surface area contributed by atoms with E-state index in [1.807, 2.05) is 0 Å². The third kappa shape index (κ3) is 4.72. The van der Waals surface area contributed by atoms with Gasteiger partial charge in [0.05, 0.1) is 12.2 Å². The molecule has 2 aromatic rings. The van der Waals surface area contributed by atoms with Gasteiger partial charge in [-0.05, 0) is 23.8 Å². The minimum absolute atomic E-state index is 0.0685. The molecule has 0 bridgehead atoms. The van der Waals surface area contributed by atoms with Gasteiger partial charge < -0.3 is 20.1 Å². The number of alkyl halides is 3. The maximum absolute atomic E-state index is 13.8. The summed E-state index contributed by atoms with van der Waals surface area (Å²) in [5, 5.41) is 5.80. The highest BCUT2D eigenvalue weighted by molar-refractivity contribution is 5.79. The Hall–Kier alpha value is -2.81. The number of hydrogen-bond acceptors (Lipinski definition) is 3. The first kappa shape index (κ1) is 19.9. The highest BCUT2D eigenvalue weighted by atomic mass is 19.4. The van der Waals surface area contributed by atoms with Gasteiger partial charge in [-0.3, -0.25) is 4.99 Å². The van der Waals surface area contributed by atoms with Crippen molar-refractivity contribution in [1.29, 1.82) is 0 Å². The van der Waals surface area contributed by atoms with Crippen LogP contribution in [0.4, 0.5) is 17.6 Å². The molecule has 0 amide bonds. The van der Waals surface area contributed by atoms with Crippen molar-refractivity contribution in [1.82, 2.24) is 10.6 Å². The Morgan fingerprint density at radius 3 is 2.54 bits per heavy atom. The second kappa shape index (κ2) is 8.47. The smallest absolute Gasteiger partial charge is 0.416 e. The first-order valence-corrected chi connectivity index (χ1v) is 8.50. The van der Waals surface area contributed by atoms with E-state index >= 15 is 0 Å². The number of nitrogens with one attached hydrogen (secondary N) is 2. The molecule has 2 aromatic carbocycles. The van der Waals surface area contributed by atoms with Gasteiger partial charge in [0.1, 0.15) is 11.6 Å². The van der Waals surface area contributed by atoms with Crippen LogP contribution in [-0.2, 0) is 30.6 Å². The van der Waals surface area contributed by atoms with Gasteiger partial charge in [0, 0.05) is 31.3 Å². The van der Waals surface area contributed by atoms with Crippen molar-refractivity contribution in [3.63, 3.8) is 0 Å². The van der Waals surface area contributed by atoms with Crippen molar-refractivity contribution in [2.45, 2.75) is 25.9 Å². The zero-order chi connectivity index (χ0) is 20.1. The van der Waals surface area contributed by atoms with Crippen molar-refractivity contribution in [3.05, 3.63) is 64.5 Å². The van der Waals surface area contributed by atoms with Gasteiger partial charge in [-0.2, -0.15) is 13.2 Å². The Morgan fingerprint density at radius 2 is 1.82 bits per heavy atom. The standard InChI is InChI=1S/C19H19F4N3O2/c1-24-18(25-8-12-4-2-3-5-16(12)19(21,22)23)26-9-13-6-15(20)7-14-10-27-11-28-17(13)14/h2-7H,8-11H2,1H3,(H2,24,25,26). The largest absolute Gasteiger partial charge is 0.467 e. The fraction of sp³-hybridized carbons (Fsp3) is 0.316. The minimum Gasteiger partial charge on any atom is -0.467 e.